The smallest absolute Gasteiger partial charge is 0.307 e. The van der Waals surface area contributed by atoms with E-state index in [1.807, 2.05) is 11.9 Å². The third kappa shape index (κ3) is 4.70. The SMILES string of the molecule is COCCN(C)CCNC(=O)[C@@H]1C[C@@H]1C(=O)O. The molecule has 98 valence electrons. The van der Waals surface area contributed by atoms with Crippen LogP contribution in [-0.2, 0) is 14.3 Å². The molecule has 0 radical (unpaired) electrons. The molecule has 6 nitrogen and oxygen atoms in total. The number of likely N-dealkylation sites (N-methyl/N-ethyl adjacent to an activating group) is 1. The molecule has 0 aliphatic heterocycles. The first-order chi connectivity index (χ1) is 8.06. The molecule has 0 aromatic carbocycles. The van der Waals surface area contributed by atoms with Crippen molar-refractivity contribution in [3.05, 3.63) is 0 Å². The van der Waals surface area contributed by atoms with Crippen LogP contribution in [-0.4, -0.2) is 62.3 Å². The number of nitrogens with zero attached hydrogens (tertiary/aromatic N) is 1. The molecule has 17 heavy (non-hydrogen) atoms. The van der Waals surface area contributed by atoms with Gasteiger partial charge in [-0.15, -0.1) is 0 Å². The van der Waals surface area contributed by atoms with Gasteiger partial charge in [0.15, 0.2) is 0 Å². The Morgan fingerprint density at radius 2 is 2.12 bits per heavy atom. The molecule has 0 unspecified atom stereocenters. The van der Waals surface area contributed by atoms with Crippen molar-refractivity contribution in [2.45, 2.75) is 6.42 Å². The Kier molecular flexibility index (Phi) is 5.37. The summed E-state index contributed by atoms with van der Waals surface area (Å²) in [4.78, 5) is 24.1. The molecule has 1 saturated carbocycles. The fourth-order valence-corrected chi connectivity index (χ4v) is 1.62. The van der Waals surface area contributed by atoms with Gasteiger partial charge in [0.25, 0.3) is 0 Å². The van der Waals surface area contributed by atoms with Crippen molar-refractivity contribution in [3.8, 4) is 0 Å². The average molecular weight is 244 g/mol. The highest BCUT2D eigenvalue weighted by Crippen LogP contribution is 2.38. The Hall–Kier alpha value is -1.14. The number of carbonyl (C=O) groups is 2. The molecule has 0 spiro atoms. The van der Waals surface area contributed by atoms with Crippen molar-refractivity contribution in [2.75, 3.05) is 40.4 Å². The van der Waals surface area contributed by atoms with E-state index >= 15 is 0 Å². The Morgan fingerprint density at radius 1 is 1.41 bits per heavy atom. The molecule has 0 aromatic rings. The van der Waals surface area contributed by atoms with Crippen molar-refractivity contribution in [1.82, 2.24) is 10.2 Å². The van der Waals surface area contributed by atoms with Crippen LogP contribution in [0.25, 0.3) is 0 Å². The molecule has 0 bridgehead atoms. The zero-order chi connectivity index (χ0) is 12.8. The Bertz CT molecular complexity index is 283. The van der Waals surface area contributed by atoms with Crippen LogP contribution in [0.2, 0.25) is 0 Å². The van der Waals surface area contributed by atoms with Gasteiger partial charge in [-0.1, -0.05) is 0 Å². The third-order valence-corrected chi connectivity index (χ3v) is 2.91. The van der Waals surface area contributed by atoms with Crippen LogP contribution in [0, 0.1) is 11.8 Å². The van der Waals surface area contributed by atoms with Gasteiger partial charge in [-0.3, -0.25) is 9.59 Å². The summed E-state index contributed by atoms with van der Waals surface area (Å²) in [5.74, 6) is -1.81. The van der Waals surface area contributed by atoms with E-state index < -0.39 is 11.9 Å². The fraction of sp³-hybridized carbons (Fsp3) is 0.818. The summed E-state index contributed by atoms with van der Waals surface area (Å²) in [6, 6.07) is 0. The first kappa shape index (κ1) is 13.9. The maximum absolute atomic E-state index is 11.5. The summed E-state index contributed by atoms with van der Waals surface area (Å²) in [5, 5.41) is 11.4. The second kappa shape index (κ2) is 6.56. The Balaban J connectivity index is 2.07. The maximum Gasteiger partial charge on any atom is 0.307 e. The monoisotopic (exact) mass is 244 g/mol. The predicted octanol–water partition coefficient (Wildman–Crippen LogP) is -0.598. The summed E-state index contributed by atoms with van der Waals surface area (Å²) >= 11 is 0. The number of hydrogen-bond donors (Lipinski definition) is 2. The highest BCUT2D eigenvalue weighted by Gasteiger charge is 2.48. The van der Waals surface area contributed by atoms with Crippen molar-refractivity contribution < 1.29 is 19.4 Å². The molecule has 0 saturated heterocycles. The molecule has 1 aliphatic rings. The van der Waals surface area contributed by atoms with Crippen LogP contribution >= 0.6 is 0 Å². The van der Waals surface area contributed by atoms with Crippen LogP contribution in [0.15, 0.2) is 0 Å². The van der Waals surface area contributed by atoms with E-state index in [-0.39, 0.29) is 11.8 Å². The zero-order valence-corrected chi connectivity index (χ0v) is 10.3. The van der Waals surface area contributed by atoms with Crippen LogP contribution in [0.5, 0.6) is 0 Å². The number of hydrogen-bond acceptors (Lipinski definition) is 4. The van der Waals surface area contributed by atoms with Gasteiger partial charge in [-0.05, 0) is 13.5 Å². The average Bonchev–Trinajstić information content (AvgIpc) is 3.06. The standard InChI is InChI=1S/C11H20N2O4/c1-13(5-6-17-2)4-3-12-10(14)8-7-9(8)11(15)16/h8-9H,3-7H2,1-2H3,(H,12,14)(H,15,16)/t8-,9+/m1/s1. The molecule has 1 fully saturated rings. The highest BCUT2D eigenvalue weighted by atomic mass is 16.5. The summed E-state index contributed by atoms with van der Waals surface area (Å²) in [7, 11) is 3.59. The largest absolute Gasteiger partial charge is 0.481 e. The van der Waals surface area contributed by atoms with Gasteiger partial charge < -0.3 is 20.1 Å². The topological polar surface area (TPSA) is 78.9 Å². The van der Waals surface area contributed by atoms with Crippen LogP contribution in [0.3, 0.4) is 0 Å². The van der Waals surface area contributed by atoms with Gasteiger partial charge in [0, 0.05) is 26.7 Å². The second-order valence-corrected chi connectivity index (χ2v) is 4.37. The molecule has 1 amide bonds. The Labute approximate surface area is 101 Å². The summed E-state index contributed by atoms with van der Waals surface area (Å²) in [6.07, 6.45) is 0.473. The van der Waals surface area contributed by atoms with Crippen molar-refractivity contribution in [2.24, 2.45) is 11.8 Å². The minimum absolute atomic E-state index is 0.141. The number of carbonyl (C=O) groups excluding carboxylic acids is 1. The minimum atomic E-state index is -0.873. The molecule has 1 aliphatic carbocycles. The van der Waals surface area contributed by atoms with E-state index in [1.54, 1.807) is 7.11 Å². The van der Waals surface area contributed by atoms with Gasteiger partial charge in [0.05, 0.1) is 18.4 Å². The third-order valence-electron chi connectivity index (χ3n) is 2.91. The minimum Gasteiger partial charge on any atom is -0.481 e. The van der Waals surface area contributed by atoms with Crippen LogP contribution in [0.1, 0.15) is 6.42 Å². The summed E-state index contributed by atoms with van der Waals surface area (Å²) in [6.45, 7) is 2.75. The van der Waals surface area contributed by atoms with E-state index in [1.165, 1.54) is 0 Å². The number of nitrogens with one attached hydrogen (secondary N) is 1. The highest BCUT2D eigenvalue weighted by molar-refractivity contribution is 5.89. The number of carboxylic acid groups (broad SMARTS) is 1. The van der Waals surface area contributed by atoms with Crippen LogP contribution < -0.4 is 5.32 Å². The lowest BCUT2D eigenvalue weighted by atomic mass is 10.3. The number of ether oxygens (including phenoxy) is 1. The number of amides is 1. The van der Waals surface area contributed by atoms with Crippen LogP contribution in [0.4, 0.5) is 0 Å². The molecule has 6 heteroatoms. The lowest BCUT2D eigenvalue weighted by Gasteiger charge is -2.16. The van der Waals surface area contributed by atoms with Gasteiger partial charge in [-0.2, -0.15) is 0 Å². The van der Waals surface area contributed by atoms with Gasteiger partial charge in [0.1, 0.15) is 0 Å². The molecular formula is C11H20N2O4. The molecular weight excluding hydrogens is 224 g/mol. The lowest BCUT2D eigenvalue weighted by Crippen LogP contribution is -2.35. The fourth-order valence-electron chi connectivity index (χ4n) is 1.62. The quantitative estimate of drug-likeness (QED) is 0.596. The first-order valence-corrected chi connectivity index (χ1v) is 5.74. The van der Waals surface area contributed by atoms with E-state index in [0.29, 0.717) is 19.6 Å². The zero-order valence-electron chi connectivity index (χ0n) is 10.3. The molecule has 1 rings (SSSR count). The number of carboxylic acids is 1. The van der Waals surface area contributed by atoms with E-state index in [9.17, 15) is 9.59 Å². The first-order valence-electron chi connectivity index (χ1n) is 5.74. The van der Waals surface area contributed by atoms with Gasteiger partial charge in [0.2, 0.25) is 5.91 Å². The van der Waals surface area contributed by atoms with Crippen molar-refractivity contribution >= 4 is 11.9 Å². The predicted molar refractivity (Wildman–Crippen MR) is 61.6 cm³/mol. The Morgan fingerprint density at radius 3 is 2.65 bits per heavy atom. The molecule has 0 aromatic heterocycles. The second-order valence-electron chi connectivity index (χ2n) is 4.37. The van der Waals surface area contributed by atoms with E-state index in [4.69, 9.17) is 9.84 Å². The molecule has 0 heterocycles. The summed E-state index contributed by atoms with van der Waals surface area (Å²) < 4.78 is 4.93. The number of aliphatic carboxylic acids is 1. The summed E-state index contributed by atoms with van der Waals surface area (Å²) in [5.41, 5.74) is 0. The van der Waals surface area contributed by atoms with E-state index in [2.05, 4.69) is 5.32 Å². The van der Waals surface area contributed by atoms with Gasteiger partial charge in [-0.25, -0.2) is 0 Å². The number of rotatable bonds is 8. The van der Waals surface area contributed by atoms with Crippen molar-refractivity contribution in [1.29, 1.82) is 0 Å². The number of methoxy groups -OCH3 is 1. The maximum atomic E-state index is 11.5. The van der Waals surface area contributed by atoms with Crippen molar-refractivity contribution in [3.63, 3.8) is 0 Å². The molecule has 2 atom stereocenters. The molecule has 2 N–H and O–H groups in total. The van der Waals surface area contributed by atoms with E-state index in [0.717, 1.165) is 13.1 Å². The van der Waals surface area contributed by atoms with Gasteiger partial charge >= 0.3 is 5.97 Å². The lowest BCUT2D eigenvalue weighted by molar-refractivity contribution is -0.140. The normalized spacial score (nSPS) is 22.5.